The third-order valence-corrected chi connectivity index (χ3v) is 3.84. The van der Waals surface area contributed by atoms with Gasteiger partial charge in [-0.25, -0.2) is 0 Å². The molecular formula is C18H12ClN3O3. The van der Waals surface area contributed by atoms with E-state index in [0.29, 0.717) is 50.8 Å². The van der Waals surface area contributed by atoms with E-state index in [1.54, 1.807) is 42.6 Å². The van der Waals surface area contributed by atoms with Crippen LogP contribution in [0.25, 0.3) is 10.9 Å². The van der Waals surface area contributed by atoms with Crippen LogP contribution in [0.1, 0.15) is 5.56 Å². The summed E-state index contributed by atoms with van der Waals surface area (Å²) in [5.41, 5.74) is 1.51. The molecule has 0 unspecified atom stereocenters. The van der Waals surface area contributed by atoms with Crippen LogP contribution in [0.5, 0.6) is 17.2 Å². The van der Waals surface area contributed by atoms with E-state index >= 15 is 0 Å². The smallest absolute Gasteiger partial charge is 0.211 e. The van der Waals surface area contributed by atoms with Crippen molar-refractivity contribution in [1.29, 1.82) is 5.26 Å². The maximum atomic E-state index is 10.5. The van der Waals surface area contributed by atoms with E-state index in [-0.39, 0.29) is 0 Å². The minimum Gasteiger partial charge on any atom is -0.495 e. The number of amides is 1. The summed E-state index contributed by atoms with van der Waals surface area (Å²) in [4.78, 5) is 14.8. The predicted molar refractivity (Wildman–Crippen MR) is 94.2 cm³/mol. The van der Waals surface area contributed by atoms with Crippen molar-refractivity contribution in [3.8, 4) is 23.3 Å². The van der Waals surface area contributed by atoms with Gasteiger partial charge in [-0.15, -0.1) is 0 Å². The molecule has 7 heteroatoms. The van der Waals surface area contributed by atoms with Gasteiger partial charge in [0.15, 0.2) is 0 Å². The number of rotatable bonds is 5. The number of fused-ring (bicyclic) bond motifs is 1. The third-order valence-electron chi connectivity index (χ3n) is 3.53. The van der Waals surface area contributed by atoms with Crippen molar-refractivity contribution in [2.24, 2.45) is 0 Å². The van der Waals surface area contributed by atoms with Crippen LogP contribution in [0.15, 0.2) is 42.6 Å². The van der Waals surface area contributed by atoms with Crippen molar-refractivity contribution in [1.82, 2.24) is 4.98 Å². The molecule has 0 aliphatic heterocycles. The summed E-state index contributed by atoms with van der Waals surface area (Å²) in [5.74, 6) is 1.46. The van der Waals surface area contributed by atoms with Gasteiger partial charge in [0, 0.05) is 23.7 Å². The van der Waals surface area contributed by atoms with E-state index in [9.17, 15) is 10.1 Å². The van der Waals surface area contributed by atoms with E-state index in [1.807, 2.05) is 0 Å². The number of carbonyl (C=O) groups excluding carboxylic acids is 1. The van der Waals surface area contributed by atoms with Gasteiger partial charge in [0.1, 0.15) is 23.3 Å². The number of anilines is 1. The molecule has 3 rings (SSSR count). The summed E-state index contributed by atoms with van der Waals surface area (Å²) >= 11 is 6.11. The van der Waals surface area contributed by atoms with Crippen molar-refractivity contribution in [2.75, 3.05) is 12.4 Å². The molecule has 1 aromatic heterocycles. The number of carbonyl (C=O) groups is 1. The SMILES string of the molecule is COc1cc2nccc(Oc3ccc(NC=O)c(Cl)c3)c2cc1C#N. The first-order chi connectivity index (χ1) is 12.2. The lowest BCUT2D eigenvalue weighted by atomic mass is 10.1. The second kappa shape index (κ2) is 7.07. The lowest BCUT2D eigenvalue weighted by molar-refractivity contribution is -0.105. The topological polar surface area (TPSA) is 84.2 Å². The van der Waals surface area contributed by atoms with E-state index in [4.69, 9.17) is 21.1 Å². The highest BCUT2D eigenvalue weighted by atomic mass is 35.5. The summed E-state index contributed by atoms with van der Waals surface area (Å²) in [5, 5.41) is 12.8. The number of nitriles is 1. The van der Waals surface area contributed by atoms with Crippen LogP contribution in [0.4, 0.5) is 5.69 Å². The van der Waals surface area contributed by atoms with Gasteiger partial charge in [0.05, 0.1) is 28.9 Å². The summed E-state index contributed by atoms with van der Waals surface area (Å²) in [6.45, 7) is 0. The van der Waals surface area contributed by atoms with E-state index < -0.39 is 0 Å². The quantitative estimate of drug-likeness (QED) is 0.697. The molecular weight excluding hydrogens is 342 g/mol. The minimum absolute atomic E-state index is 0.349. The molecule has 1 heterocycles. The number of ether oxygens (including phenoxy) is 2. The molecule has 0 bridgehead atoms. The molecule has 0 fully saturated rings. The van der Waals surface area contributed by atoms with Crippen LogP contribution in [0.3, 0.4) is 0 Å². The van der Waals surface area contributed by atoms with Crippen LogP contribution in [0, 0.1) is 11.3 Å². The maximum absolute atomic E-state index is 10.5. The zero-order valence-corrected chi connectivity index (χ0v) is 13.9. The van der Waals surface area contributed by atoms with Gasteiger partial charge in [-0.2, -0.15) is 5.26 Å². The molecule has 1 amide bonds. The second-order valence-electron chi connectivity index (χ2n) is 5.00. The Kier molecular flexibility index (Phi) is 4.68. The van der Waals surface area contributed by atoms with Gasteiger partial charge < -0.3 is 14.8 Å². The van der Waals surface area contributed by atoms with Crippen molar-refractivity contribution in [3.63, 3.8) is 0 Å². The number of hydrogen-bond acceptors (Lipinski definition) is 5. The lowest BCUT2D eigenvalue weighted by Crippen LogP contribution is -1.95. The number of benzene rings is 2. The molecule has 2 aromatic carbocycles. The van der Waals surface area contributed by atoms with E-state index in [1.165, 1.54) is 7.11 Å². The van der Waals surface area contributed by atoms with Gasteiger partial charge in [0.2, 0.25) is 6.41 Å². The summed E-state index contributed by atoms with van der Waals surface area (Å²) in [6, 6.07) is 12.0. The molecule has 25 heavy (non-hydrogen) atoms. The molecule has 0 atom stereocenters. The van der Waals surface area contributed by atoms with Crippen molar-refractivity contribution >= 4 is 34.6 Å². The fourth-order valence-electron chi connectivity index (χ4n) is 2.36. The number of aromatic nitrogens is 1. The molecule has 0 aliphatic carbocycles. The second-order valence-corrected chi connectivity index (χ2v) is 5.40. The van der Waals surface area contributed by atoms with Gasteiger partial charge in [-0.1, -0.05) is 11.6 Å². The normalized spacial score (nSPS) is 10.1. The average Bonchev–Trinajstić information content (AvgIpc) is 2.63. The number of nitrogens with zero attached hydrogens (tertiary/aromatic N) is 2. The monoisotopic (exact) mass is 353 g/mol. The van der Waals surface area contributed by atoms with Gasteiger partial charge >= 0.3 is 0 Å². The molecule has 0 saturated heterocycles. The average molecular weight is 354 g/mol. The highest BCUT2D eigenvalue weighted by Gasteiger charge is 2.11. The molecule has 6 nitrogen and oxygen atoms in total. The Morgan fingerprint density at radius 1 is 1.24 bits per heavy atom. The number of pyridine rings is 1. The fraction of sp³-hybridized carbons (Fsp3) is 0.0556. The Labute approximate surface area is 148 Å². The molecule has 0 spiro atoms. The largest absolute Gasteiger partial charge is 0.495 e. The van der Waals surface area contributed by atoms with E-state index in [0.717, 1.165) is 0 Å². The molecule has 0 saturated carbocycles. The Morgan fingerprint density at radius 3 is 2.76 bits per heavy atom. The lowest BCUT2D eigenvalue weighted by Gasteiger charge is -2.11. The summed E-state index contributed by atoms with van der Waals surface area (Å²) < 4.78 is 11.1. The molecule has 124 valence electrons. The van der Waals surface area contributed by atoms with Gasteiger partial charge in [-0.3, -0.25) is 9.78 Å². The number of nitrogens with one attached hydrogen (secondary N) is 1. The van der Waals surface area contributed by atoms with Crippen molar-refractivity contribution < 1.29 is 14.3 Å². The Morgan fingerprint density at radius 2 is 2.08 bits per heavy atom. The first-order valence-electron chi connectivity index (χ1n) is 7.20. The zero-order chi connectivity index (χ0) is 17.8. The van der Waals surface area contributed by atoms with Crippen LogP contribution < -0.4 is 14.8 Å². The highest BCUT2D eigenvalue weighted by Crippen LogP contribution is 2.34. The summed E-state index contributed by atoms with van der Waals surface area (Å²) in [7, 11) is 1.50. The molecule has 0 aliphatic rings. The van der Waals surface area contributed by atoms with Crippen molar-refractivity contribution in [2.45, 2.75) is 0 Å². The summed E-state index contributed by atoms with van der Waals surface area (Å²) in [6.07, 6.45) is 2.15. The molecule has 1 N–H and O–H groups in total. The maximum Gasteiger partial charge on any atom is 0.211 e. The predicted octanol–water partition coefficient (Wildman–Crippen LogP) is 4.13. The number of methoxy groups -OCH3 is 1. The van der Waals surface area contributed by atoms with Crippen LogP contribution in [-0.4, -0.2) is 18.5 Å². The van der Waals surface area contributed by atoms with Crippen LogP contribution in [-0.2, 0) is 4.79 Å². The Bertz CT molecular complexity index is 999. The Balaban J connectivity index is 2.03. The fourth-order valence-corrected chi connectivity index (χ4v) is 2.59. The standard InChI is InChI=1S/C18H12ClN3O3/c1-24-18-8-16-13(6-11(18)9-20)17(4-5-21-16)25-12-2-3-15(22-10-23)14(19)7-12/h2-8,10H,1H3,(H,22,23). The first-order valence-corrected chi connectivity index (χ1v) is 7.58. The molecule has 0 radical (unpaired) electrons. The first kappa shape index (κ1) is 16.6. The zero-order valence-electron chi connectivity index (χ0n) is 13.1. The molecule has 3 aromatic rings. The highest BCUT2D eigenvalue weighted by molar-refractivity contribution is 6.33. The van der Waals surface area contributed by atoms with Crippen LogP contribution in [0.2, 0.25) is 5.02 Å². The van der Waals surface area contributed by atoms with Crippen molar-refractivity contribution in [3.05, 3.63) is 53.2 Å². The third kappa shape index (κ3) is 3.32. The number of halogens is 1. The Hall–Kier alpha value is -3.30. The minimum atomic E-state index is 0.349. The van der Waals surface area contributed by atoms with Crippen LogP contribution >= 0.6 is 11.6 Å². The van der Waals surface area contributed by atoms with E-state index in [2.05, 4.69) is 16.4 Å². The number of hydrogen-bond donors (Lipinski definition) is 1. The van der Waals surface area contributed by atoms with Gasteiger partial charge in [0.25, 0.3) is 0 Å². The van der Waals surface area contributed by atoms with Gasteiger partial charge in [-0.05, 0) is 24.3 Å².